The molecule has 0 aliphatic heterocycles. The van der Waals surface area contributed by atoms with Crippen molar-refractivity contribution < 1.29 is 0 Å². The van der Waals surface area contributed by atoms with Crippen molar-refractivity contribution in [2.75, 3.05) is 40.8 Å². The zero-order chi connectivity index (χ0) is 16.6. The minimum atomic E-state index is 0. The van der Waals surface area contributed by atoms with Gasteiger partial charge in [0, 0.05) is 26.7 Å². The third-order valence-electron chi connectivity index (χ3n) is 3.65. The fourth-order valence-electron chi connectivity index (χ4n) is 2.60. The highest BCUT2D eigenvalue weighted by Gasteiger charge is 2.19. The maximum absolute atomic E-state index is 4.32. The molecule has 0 amide bonds. The molecule has 1 atom stereocenters. The van der Waals surface area contributed by atoms with Crippen molar-refractivity contribution in [3.63, 3.8) is 0 Å². The van der Waals surface area contributed by atoms with Crippen LogP contribution >= 0.6 is 24.0 Å². The molecule has 2 N–H and O–H groups in total. The molecule has 1 aromatic carbocycles. The molecule has 4 nitrogen and oxygen atoms in total. The molecule has 1 rings (SSSR count). The van der Waals surface area contributed by atoms with Crippen molar-refractivity contribution >= 4 is 29.9 Å². The maximum atomic E-state index is 4.32. The summed E-state index contributed by atoms with van der Waals surface area (Å²) in [5, 5.41) is 6.85. The molecule has 132 valence electrons. The number of guanidine groups is 1. The Hall–Kier alpha value is -0.820. The highest BCUT2D eigenvalue weighted by atomic mass is 127. The minimum absolute atomic E-state index is 0. The predicted molar refractivity (Wildman–Crippen MR) is 112 cm³/mol. The van der Waals surface area contributed by atoms with Crippen molar-refractivity contribution in [3.05, 3.63) is 35.9 Å². The van der Waals surface area contributed by atoms with E-state index in [1.807, 2.05) is 7.05 Å². The van der Waals surface area contributed by atoms with E-state index >= 15 is 0 Å². The van der Waals surface area contributed by atoms with Crippen molar-refractivity contribution in [2.24, 2.45) is 10.4 Å². The highest BCUT2D eigenvalue weighted by molar-refractivity contribution is 14.0. The molecule has 0 fully saturated rings. The number of benzene rings is 1. The van der Waals surface area contributed by atoms with E-state index in [1.54, 1.807) is 0 Å². The van der Waals surface area contributed by atoms with Gasteiger partial charge in [0.05, 0.1) is 0 Å². The molecular formula is C18H33IN4. The SMILES string of the molecule is CN=C(NCC(C)c1ccccc1)NCC(C)(C)CN(C)C.I. The Morgan fingerprint density at radius 2 is 1.78 bits per heavy atom. The molecule has 0 spiro atoms. The number of rotatable bonds is 7. The second-order valence-corrected chi connectivity index (χ2v) is 7.02. The molecular weight excluding hydrogens is 399 g/mol. The van der Waals surface area contributed by atoms with E-state index < -0.39 is 0 Å². The van der Waals surface area contributed by atoms with Crippen molar-refractivity contribution in [1.82, 2.24) is 15.5 Å². The van der Waals surface area contributed by atoms with Gasteiger partial charge in [-0.1, -0.05) is 51.1 Å². The molecule has 0 aromatic heterocycles. The lowest BCUT2D eigenvalue weighted by molar-refractivity contribution is 0.241. The summed E-state index contributed by atoms with van der Waals surface area (Å²) in [6.45, 7) is 9.56. The molecule has 0 aliphatic carbocycles. The summed E-state index contributed by atoms with van der Waals surface area (Å²) in [7, 11) is 6.04. The van der Waals surface area contributed by atoms with E-state index in [2.05, 4.69) is 85.7 Å². The summed E-state index contributed by atoms with van der Waals surface area (Å²) in [5.74, 6) is 1.32. The quantitative estimate of drug-likeness (QED) is 0.395. The predicted octanol–water partition coefficient (Wildman–Crippen LogP) is 3.16. The van der Waals surface area contributed by atoms with Gasteiger partial charge in [-0.25, -0.2) is 0 Å². The second kappa shape index (κ2) is 10.9. The average molecular weight is 432 g/mol. The fraction of sp³-hybridized carbons (Fsp3) is 0.611. The van der Waals surface area contributed by atoms with Crippen LogP contribution < -0.4 is 10.6 Å². The van der Waals surface area contributed by atoms with Crippen LogP contribution in [0.15, 0.2) is 35.3 Å². The number of halogens is 1. The normalized spacial score (nSPS) is 13.4. The van der Waals surface area contributed by atoms with E-state index in [0.29, 0.717) is 5.92 Å². The van der Waals surface area contributed by atoms with E-state index in [1.165, 1.54) is 5.56 Å². The number of hydrogen-bond acceptors (Lipinski definition) is 2. The molecule has 0 heterocycles. The van der Waals surface area contributed by atoms with Crippen LogP contribution in [0.1, 0.15) is 32.3 Å². The second-order valence-electron chi connectivity index (χ2n) is 7.02. The van der Waals surface area contributed by atoms with Crippen LogP contribution in [0.25, 0.3) is 0 Å². The molecule has 1 unspecified atom stereocenters. The monoisotopic (exact) mass is 432 g/mol. The Labute approximate surface area is 159 Å². The Morgan fingerprint density at radius 3 is 2.30 bits per heavy atom. The molecule has 0 aliphatic rings. The molecule has 0 bridgehead atoms. The summed E-state index contributed by atoms with van der Waals surface area (Å²) >= 11 is 0. The lowest BCUT2D eigenvalue weighted by Gasteiger charge is -2.29. The van der Waals surface area contributed by atoms with Gasteiger partial charge in [0.15, 0.2) is 5.96 Å². The zero-order valence-electron chi connectivity index (χ0n) is 15.4. The molecule has 5 heteroatoms. The smallest absolute Gasteiger partial charge is 0.191 e. The molecule has 0 saturated carbocycles. The van der Waals surface area contributed by atoms with Gasteiger partial charge < -0.3 is 15.5 Å². The summed E-state index contributed by atoms with van der Waals surface area (Å²) in [5.41, 5.74) is 1.55. The highest BCUT2D eigenvalue weighted by Crippen LogP contribution is 2.14. The van der Waals surface area contributed by atoms with E-state index in [9.17, 15) is 0 Å². The maximum Gasteiger partial charge on any atom is 0.191 e. The van der Waals surface area contributed by atoms with Crippen LogP contribution in [0.5, 0.6) is 0 Å². The first kappa shape index (κ1) is 22.2. The number of nitrogens with zero attached hydrogens (tertiary/aromatic N) is 2. The molecule has 0 radical (unpaired) electrons. The third kappa shape index (κ3) is 9.15. The summed E-state index contributed by atoms with van der Waals surface area (Å²) in [4.78, 5) is 6.53. The van der Waals surface area contributed by atoms with Gasteiger partial charge in [-0.15, -0.1) is 24.0 Å². The minimum Gasteiger partial charge on any atom is -0.356 e. The standard InChI is InChI=1S/C18H32N4.HI/c1-15(16-10-8-7-9-11-16)12-20-17(19-4)21-13-18(2,3)14-22(5)6;/h7-11,15H,12-14H2,1-6H3,(H2,19,20,21);1H. The largest absolute Gasteiger partial charge is 0.356 e. The first-order chi connectivity index (χ1) is 10.3. The van der Waals surface area contributed by atoms with Crippen LogP contribution in [0, 0.1) is 5.41 Å². The first-order valence-electron chi connectivity index (χ1n) is 7.98. The summed E-state index contributed by atoms with van der Waals surface area (Å²) in [6, 6.07) is 10.6. The van der Waals surface area contributed by atoms with E-state index in [-0.39, 0.29) is 29.4 Å². The Bertz CT molecular complexity index is 457. The molecule has 23 heavy (non-hydrogen) atoms. The van der Waals surface area contributed by atoms with Crippen LogP contribution in [0.4, 0.5) is 0 Å². The Morgan fingerprint density at radius 1 is 1.17 bits per heavy atom. The number of aliphatic imine (C=N–C) groups is 1. The third-order valence-corrected chi connectivity index (χ3v) is 3.65. The molecule has 1 aromatic rings. The Kier molecular flexibility index (Phi) is 10.5. The van der Waals surface area contributed by atoms with Crippen LogP contribution in [-0.2, 0) is 0 Å². The van der Waals surface area contributed by atoms with Gasteiger partial charge in [-0.05, 0) is 31.0 Å². The van der Waals surface area contributed by atoms with Gasteiger partial charge in [0.2, 0.25) is 0 Å². The van der Waals surface area contributed by atoms with Crippen molar-refractivity contribution in [2.45, 2.75) is 26.7 Å². The van der Waals surface area contributed by atoms with Crippen LogP contribution in [0.2, 0.25) is 0 Å². The van der Waals surface area contributed by atoms with Crippen molar-refractivity contribution in [1.29, 1.82) is 0 Å². The fourth-order valence-corrected chi connectivity index (χ4v) is 2.60. The Balaban J connectivity index is 0.00000484. The summed E-state index contributed by atoms with van der Waals surface area (Å²) in [6.07, 6.45) is 0. The van der Waals surface area contributed by atoms with Gasteiger partial charge in [-0.2, -0.15) is 0 Å². The van der Waals surface area contributed by atoms with Gasteiger partial charge in [0.1, 0.15) is 0 Å². The van der Waals surface area contributed by atoms with E-state index in [0.717, 1.165) is 25.6 Å². The summed E-state index contributed by atoms with van der Waals surface area (Å²) < 4.78 is 0. The number of hydrogen-bond donors (Lipinski definition) is 2. The van der Waals surface area contributed by atoms with Crippen LogP contribution in [-0.4, -0.2) is 51.6 Å². The molecule has 0 saturated heterocycles. The lowest BCUT2D eigenvalue weighted by Crippen LogP contribution is -2.45. The van der Waals surface area contributed by atoms with Gasteiger partial charge in [-0.3, -0.25) is 4.99 Å². The van der Waals surface area contributed by atoms with Crippen LogP contribution in [0.3, 0.4) is 0 Å². The van der Waals surface area contributed by atoms with Gasteiger partial charge >= 0.3 is 0 Å². The zero-order valence-corrected chi connectivity index (χ0v) is 17.7. The van der Waals surface area contributed by atoms with Crippen molar-refractivity contribution in [3.8, 4) is 0 Å². The first-order valence-corrected chi connectivity index (χ1v) is 7.98. The van der Waals surface area contributed by atoms with E-state index in [4.69, 9.17) is 0 Å². The lowest BCUT2D eigenvalue weighted by atomic mass is 9.93. The van der Waals surface area contributed by atoms with Gasteiger partial charge in [0.25, 0.3) is 0 Å². The number of nitrogens with one attached hydrogen (secondary N) is 2. The topological polar surface area (TPSA) is 39.7 Å². The average Bonchev–Trinajstić information content (AvgIpc) is 2.46.